The Labute approximate surface area is 185 Å². The normalized spacial score (nSPS) is 16.4. The van der Waals surface area contributed by atoms with Gasteiger partial charge >= 0.3 is 0 Å². The molecular formula is C24H32N2O4S. The van der Waals surface area contributed by atoms with Gasteiger partial charge in [-0.3, -0.25) is 4.79 Å². The minimum Gasteiger partial charge on any atom is -0.481 e. The Morgan fingerprint density at radius 1 is 0.935 bits per heavy atom. The van der Waals surface area contributed by atoms with Crippen LogP contribution < -0.4 is 4.74 Å². The molecule has 0 N–H and O–H groups in total. The van der Waals surface area contributed by atoms with Gasteiger partial charge in [-0.05, 0) is 56.0 Å². The molecule has 6 nitrogen and oxygen atoms in total. The van der Waals surface area contributed by atoms with Crippen LogP contribution in [-0.4, -0.2) is 55.8 Å². The maximum Gasteiger partial charge on any atom is 0.263 e. The fraction of sp³-hybridized carbons (Fsp3) is 0.458. The van der Waals surface area contributed by atoms with Crippen LogP contribution in [0.4, 0.5) is 0 Å². The van der Waals surface area contributed by atoms with Crippen molar-refractivity contribution in [3.63, 3.8) is 0 Å². The van der Waals surface area contributed by atoms with Gasteiger partial charge in [0.2, 0.25) is 10.0 Å². The minimum absolute atomic E-state index is 0.128. The zero-order chi connectivity index (χ0) is 22.8. The number of hydrogen-bond donors (Lipinski definition) is 0. The first-order chi connectivity index (χ1) is 14.6. The second-order valence-electron chi connectivity index (χ2n) is 8.48. The van der Waals surface area contributed by atoms with Gasteiger partial charge in [0.1, 0.15) is 5.75 Å². The zero-order valence-corrected chi connectivity index (χ0v) is 19.8. The molecule has 1 amide bonds. The number of nitrogens with zero attached hydrogens (tertiary/aromatic N) is 2. The van der Waals surface area contributed by atoms with Crippen molar-refractivity contribution >= 4 is 15.9 Å². The first kappa shape index (κ1) is 23.3. The van der Waals surface area contributed by atoms with Gasteiger partial charge in [-0.15, -0.1) is 0 Å². The van der Waals surface area contributed by atoms with Crippen LogP contribution in [0.2, 0.25) is 0 Å². The highest BCUT2D eigenvalue weighted by Crippen LogP contribution is 2.23. The maximum absolute atomic E-state index is 13.0. The summed E-state index contributed by atoms with van der Waals surface area (Å²) in [7, 11) is -3.57. The van der Waals surface area contributed by atoms with E-state index in [1.807, 2.05) is 50.2 Å². The lowest BCUT2D eigenvalue weighted by Crippen LogP contribution is -2.53. The molecule has 3 rings (SSSR count). The summed E-state index contributed by atoms with van der Waals surface area (Å²) in [5, 5.41) is 0. The van der Waals surface area contributed by atoms with Crippen LogP contribution in [0.25, 0.3) is 0 Å². The summed E-state index contributed by atoms with van der Waals surface area (Å²) in [5.74, 6) is 0.960. The number of carbonyl (C=O) groups is 1. The van der Waals surface area contributed by atoms with E-state index in [9.17, 15) is 13.2 Å². The van der Waals surface area contributed by atoms with Gasteiger partial charge in [-0.25, -0.2) is 8.42 Å². The Morgan fingerprint density at radius 2 is 1.55 bits per heavy atom. The quantitative estimate of drug-likeness (QED) is 0.681. The molecule has 2 aromatic carbocycles. The third kappa shape index (κ3) is 5.28. The molecule has 0 aliphatic carbocycles. The molecule has 0 spiro atoms. The Balaban J connectivity index is 1.60. The van der Waals surface area contributed by atoms with E-state index in [2.05, 4.69) is 13.8 Å². The van der Waals surface area contributed by atoms with Gasteiger partial charge in [0.15, 0.2) is 6.10 Å². The smallest absolute Gasteiger partial charge is 0.263 e. The number of hydrogen-bond acceptors (Lipinski definition) is 4. The zero-order valence-electron chi connectivity index (χ0n) is 19.0. The van der Waals surface area contributed by atoms with Crippen molar-refractivity contribution in [1.29, 1.82) is 0 Å². The summed E-state index contributed by atoms with van der Waals surface area (Å²) < 4.78 is 33.4. The lowest BCUT2D eigenvalue weighted by atomic mass is 10.0. The SMILES string of the molecule is Cc1ccc(S(=O)(=O)N2CCN(C(=O)C(C)Oc3ccc(C(C)C)cc3)CC2)c(C)c1. The molecule has 0 aromatic heterocycles. The molecule has 0 saturated carbocycles. The average Bonchev–Trinajstić information content (AvgIpc) is 2.73. The molecule has 1 heterocycles. The van der Waals surface area contributed by atoms with Crippen LogP contribution in [0, 0.1) is 13.8 Å². The van der Waals surface area contributed by atoms with Crippen LogP contribution in [0.3, 0.4) is 0 Å². The molecule has 0 radical (unpaired) electrons. The van der Waals surface area contributed by atoms with E-state index in [1.54, 1.807) is 17.9 Å². The number of benzene rings is 2. The largest absolute Gasteiger partial charge is 0.481 e. The molecule has 1 atom stereocenters. The molecule has 1 aliphatic rings. The fourth-order valence-corrected chi connectivity index (χ4v) is 5.45. The summed E-state index contributed by atoms with van der Waals surface area (Å²) in [4.78, 5) is 14.8. The van der Waals surface area contributed by atoms with E-state index in [0.29, 0.717) is 29.7 Å². The van der Waals surface area contributed by atoms with Crippen LogP contribution >= 0.6 is 0 Å². The third-order valence-corrected chi connectivity index (χ3v) is 7.76. The number of rotatable bonds is 6. The van der Waals surface area contributed by atoms with Crippen LogP contribution in [0.5, 0.6) is 5.75 Å². The lowest BCUT2D eigenvalue weighted by Gasteiger charge is -2.35. The summed E-state index contributed by atoms with van der Waals surface area (Å²) in [6.45, 7) is 11.0. The van der Waals surface area contributed by atoms with Crippen molar-refractivity contribution in [2.24, 2.45) is 0 Å². The standard InChI is InChI=1S/C24H32N2O4S/c1-17(2)21-7-9-22(10-8-21)30-20(5)24(27)25-12-14-26(15-13-25)31(28,29)23-11-6-18(3)16-19(23)4/h6-11,16-17,20H,12-15H2,1-5H3. The number of piperazine rings is 1. The van der Waals surface area contributed by atoms with Crippen molar-refractivity contribution in [2.75, 3.05) is 26.2 Å². The Bertz CT molecular complexity index is 1020. The van der Waals surface area contributed by atoms with Gasteiger partial charge < -0.3 is 9.64 Å². The highest BCUT2D eigenvalue weighted by molar-refractivity contribution is 7.89. The first-order valence-corrected chi connectivity index (χ1v) is 12.2. The van der Waals surface area contributed by atoms with Gasteiger partial charge in [0.05, 0.1) is 4.90 Å². The summed E-state index contributed by atoms with van der Waals surface area (Å²) >= 11 is 0. The monoisotopic (exact) mass is 444 g/mol. The first-order valence-electron chi connectivity index (χ1n) is 10.7. The predicted octanol–water partition coefficient (Wildman–Crippen LogP) is 3.73. The van der Waals surface area contributed by atoms with Crippen molar-refractivity contribution in [1.82, 2.24) is 9.21 Å². The van der Waals surface area contributed by atoms with Crippen molar-refractivity contribution in [2.45, 2.75) is 51.5 Å². The average molecular weight is 445 g/mol. The maximum atomic E-state index is 13.0. The van der Waals surface area contributed by atoms with Crippen molar-refractivity contribution in [3.8, 4) is 5.75 Å². The molecule has 2 aromatic rings. The number of amides is 1. The minimum atomic E-state index is -3.57. The Hall–Kier alpha value is -2.38. The second-order valence-corrected chi connectivity index (χ2v) is 10.4. The predicted molar refractivity (Wildman–Crippen MR) is 122 cm³/mol. The van der Waals surface area contributed by atoms with Crippen LogP contribution in [-0.2, 0) is 14.8 Å². The topological polar surface area (TPSA) is 66.9 Å². The number of carbonyl (C=O) groups excluding carboxylic acids is 1. The molecule has 1 fully saturated rings. The molecule has 1 aliphatic heterocycles. The van der Waals surface area contributed by atoms with E-state index in [1.165, 1.54) is 9.87 Å². The van der Waals surface area contributed by atoms with Crippen molar-refractivity contribution in [3.05, 3.63) is 59.2 Å². The number of sulfonamides is 1. The molecular weight excluding hydrogens is 412 g/mol. The number of ether oxygens (including phenoxy) is 1. The van der Waals surface area contributed by atoms with Gasteiger partial charge in [-0.2, -0.15) is 4.31 Å². The summed E-state index contributed by atoms with van der Waals surface area (Å²) in [6.07, 6.45) is -0.632. The highest BCUT2D eigenvalue weighted by atomic mass is 32.2. The third-order valence-electron chi connectivity index (χ3n) is 5.71. The van der Waals surface area contributed by atoms with Gasteiger partial charge in [-0.1, -0.05) is 43.7 Å². The molecule has 7 heteroatoms. The van der Waals surface area contributed by atoms with E-state index in [-0.39, 0.29) is 19.0 Å². The molecule has 0 bridgehead atoms. The number of aryl methyl sites for hydroxylation is 2. The van der Waals surface area contributed by atoms with Gasteiger partial charge in [0, 0.05) is 26.2 Å². The summed E-state index contributed by atoms with van der Waals surface area (Å²) in [5.41, 5.74) is 2.98. The molecule has 31 heavy (non-hydrogen) atoms. The van der Waals surface area contributed by atoms with E-state index < -0.39 is 16.1 Å². The van der Waals surface area contributed by atoms with E-state index in [0.717, 1.165) is 11.1 Å². The Morgan fingerprint density at radius 3 is 2.10 bits per heavy atom. The fourth-order valence-electron chi connectivity index (χ4n) is 3.82. The Kier molecular flexibility index (Phi) is 7.06. The van der Waals surface area contributed by atoms with E-state index in [4.69, 9.17) is 4.74 Å². The summed E-state index contributed by atoms with van der Waals surface area (Å²) in [6, 6.07) is 13.1. The molecule has 1 unspecified atom stereocenters. The van der Waals surface area contributed by atoms with Crippen molar-refractivity contribution < 1.29 is 17.9 Å². The van der Waals surface area contributed by atoms with Gasteiger partial charge in [0.25, 0.3) is 5.91 Å². The van der Waals surface area contributed by atoms with Crippen LogP contribution in [0.1, 0.15) is 43.4 Å². The van der Waals surface area contributed by atoms with E-state index >= 15 is 0 Å². The lowest BCUT2D eigenvalue weighted by molar-refractivity contribution is -0.139. The second kappa shape index (κ2) is 9.40. The van der Waals surface area contributed by atoms with Crippen LogP contribution in [0.15, 0.2) is 47.4 Å². The highest BCUT2D eigenvalue weighted by Gasteiger charge is 2.32. The molecule has 168 valence electrons. The molecule has 1 saturated heterocycles.